The molecule has 0 radical (unpaired) electrons. The smallest absolute Gasteiger partial charge is 0.220 e. The summed E-state index contributed by atoms with van der Waals surface area (Å²) in [7, 11) is 0. The van der Waals surface area contributed by atoms with E-state index in [0.717, 1.165) is 16.4 Å². The summed E-state index contributed by atoms with van der Waals surface area (Å²) < 4.78 is 0. The van der Waals surface area contributed by atoms with E-state index >= 15 is 0 Å². The Labute approximate surface area is 139 Å². The summed E-state index contributed by atoms with van der Waals surface area (Å²) >= 11 is 3.21. The molecule has 22 heavy (non-hydrogen) atoms. The monoisotopic (exact) mass is 333 g/mol. The van der Waals surface area contributed by atoms with Gasteiger partial charge in [0.15, 0.2) is 5.78 Å². The van der Waals surface area contributed by atoms with Crippen molar-refractivity contribution < 1.29 is 9.59 Å². The molecule has 3 nitrogen and oxygen atoms in total. The summed E-state index contributed by atoms with van der Waals surface area (Å²) in [4.78, 5) is 24.2. The quantitative estimate of drug-likeness (QED) is 0.561. The number of nitrogens with one attached hydrogen (secondary N) is 1. The highest BCUT2D eigenvalue weighted by Gasteiger charge is 2.09. The van der Waals surface area contributed by atoms with Gasteiger partial charge in [-0.15, -0.1) is 11.3 Å². The fourth-order valence-corrected chi connectivity index (χ4v) is 3.42. The molecular formula is C17H19NO2S2. The molecule has 2 rings (SSSR count). The summed E-state index contributed by atoms with van der Waals surface area (Å²) in [5.74, 6) is 1.82. The van der Waals surface area contributed by atoms with Gasteiger partial charge in [0.2, 0.25) is 5.91 Å². The fraction of sp³-hybridized carbons (Fsp3) is 0.294. The number of thioether (sulfide) groups is 1. The van der Waals surface area contributed by atoms with E-state index < -0.39 is 0 Å². The first-order valence-corrected chi connectivity index (χ1v) is 9.24. The van der Waals surface area contributed by atoms with E-state index in [4.69, 9.17) is 0 Å². The summed E-state index contributed by atoms with van der Waals surface area (Å²) in [5, 5.41) is 4.73. The normalized spacial score (nSPS) is 10.4. The summed E-state index contributed by atoms with van der Waals surface area (Å²) in [6.45, 7) is 0.642. The van der Waals surface area contributed by atoms with Gasteiger partial charge in [0.25, 0.3) is 0 Å². The van der Waals surface area contributed by atoms with Crippen molar-refractivity contribution in [2.45, 2.75) is 18.6 Å². The van der Waals surface area contributed by atoms with Crippen LogP contribution < -0.4 is 5.32 Å². The van der Waals surface area contributed by atoms with Crippen molar-refractivity contribution in [2.24, 2.45) is 0 Å². The van der Waals surface area contributed by atoms with Crippen molar-refractivity contribution in [1.29, 1.82) is 0 Å². The lowest BCUT2D eigenvalue weighted by molar-refractivity contribution is -0.120. The van der Waals surface area contributed by atoms with Crippen molar-refractivity contribution in [3.63, 3.8) is 0 Å². The summed E-state index contributed by atoms with van der Waals surface area (Å²) in [6.07, 6.45) is 0.545. The topological polar surface area (TPSA) is 46.2 Å². The van der Waals surface area contributed by atoms with E-state index in [-0.39, 0.29) is 24.5 Å². The summed E-state index contributed by atoms with van der Waals surface area (Å²) in [6, 6.07) is 13.9. The molecule has 1 N–H and O–H groups in total. The molecule has 1 heterocycles. The van der Waals surface area contributed by atoms with Crippen LogP contribution in [0.15, 0.2) is 47.8 Å². The molecule has 0 saturated heterocycles. The van der Waals surface area contributed by atoms with Gasteiger partial charge in [0.1, 0.15) is 0 Å². The highest BCUT2D eigenvalue weighted by molar-refractivity contribution is 7.98. The largest absolute Gasteiger partial charge is 0.355 e. The van der Waals surface area contributed by atoms with Crippen LogP contribution in [0.5, 0.6) is 0 Å². The lowest BCUT2D eigenvalue weighted by atomic mass is 10.2. The minimum Gasteiger partial charge on any atom is -0.355 e. The minimum absolute atomic E-state index is 0.0450. The molecule has 0 spiro atoms. The average molecular weight is 333 g/mol. The SMILES string of the molecule is O=C(CCC(=O)c1cccs1)NCCSCc1ccccc1. The van der Waals surface area contributed by atoms with Gasteiger partial charge in [-0.2, -0.15) is 11.8 Å². The third kappa shape index (κ3) is 6.03. The van der Waals surface area contributed by atoms with Gasteiger partial charge < -0.3 is 5.32 Å². The van der Waals surface area contributed by atoms with Crippen LogP contribution in [0, 0.1) is 0 Å². The highest BCUT2D eigenvalue weighted by Crippen LogP contribution is 2.12. The number of rotatable bonds is 9. The predicted octanol–water partition coefficient (Wildman–Crippen LogP) is 3.76. The number of Topliss-reactive ketones (excluding diaryl/α,β-unsaturated/α-hetero) is 1. The van der Waals surface area contributed by atoms with E-state index in [9.17, 15) is 9.59 Å². The first-order chi connectivity index (χ1) is 10.8. The molecule has 0 atom stereocenters. The van der Waals surface area contributed by atoms with Crippen LogP contribution >= 0.6 is 23.1 Å². The van der Waals surface area contributed by atoms with Crippen molar-refractivity contribution >= 4 is 34.8 Å². The second-order valence-electron chi connectivity index (χ2n) is 4.79. The lowest BCUT2D eigenvalue weighted by Crippen LogP contribution is -2.26. The first kappa shape index (κ1) is 16.8. The van der Waals surface area contributed by atoms with Gasteiger partial charge in [-0.3, -0.25) is 9.59 Å². The van der Waals surface area contributed by atoms with Gasteiger partial charge in [-0.05, 0) is 17.0 Å². The van der Waals surface area contributed by atoms with E-state index in [2.05, 4.69) is 17.4 Å². The maximum atomic E-state index is 11.8. The van der Waals surface area contributed by atoms with E-state index in [1.54, 1.807) is 17.8 Å². The Kier molecular flexibility index (Phi) is 7.19. The van der Waals surface area contributed by atoms with Gasteiger partial charge in [-0.25, -0.2) is 0 Å². The number of hydrogen-bond acceptors (Lipinski definition) is 4. The maximum absolute atomic E-state index is 11.8. The molecule has 1 aromatic carbocycles. The molecule has 0 aliphatic carbocycles. The zero-order chi connectivity index (χ0) is 15.6. The van der Waals surface area contributed by atoms with Crippen LogP contribution in [-0.2, 0) is 10.5 Å². The fourth-order valence-electron chi connectivity index (χ4n) is 1.90. The van der Waals surface area contributed by atoms with Crippen LogP contribution in [0.25, 0.3) is 0 Å². The predicted molar refractivity (Wildman–Crippen MR) is 93.5 cm³/mol. The Bertz CT molecular complexity index is 582. The van der Waals surface area contributed by atoms with Crippen LogP contribution in [-0.4, -0.2) is 24.0 Å². The second kappa shape index (κ2) is 9.43. The molecule has 0 fully saturated rings. The zero-order valence-electron chi connectivity index (χ0n) is 12.3. The highest BCUT2D eigenvalue weighted by atomic mass is 32.2. The van der Waals surface area contributed by atoms with Crippen molar-refractivity contribution in [1.82, 2.24) is 5.32 Å². The van der Waals surface area contributed by atoms with Crippen LogP contribution in [0.2, 0.25) is 0 Å². The van der Waals surface area contributed by atoms with Crippen LogP contribution in [0.1, 0.15) is 28.1 Å². The maximum Gasteiger partial charge on any atom is 0.220 e. The molecule has 116 valence electrons. The van der Waals surface area contributed by atoms with Crippen LogP contribution in [0.4, 0.5) is 0 Å². The second-order valence-corrected chi connectivity index (χ2v) is 6.84. The summed E-state index contributed by atoms with van der Waals surface area (Å²) in [5.41, 5.74) is 1.29. The molecule has 0 saturated carbocycles. The lowest BCUT2D eigenvalue weighted by Gasteiger charge is -2.05. The van der Waals surface area contributed by atoms with E-state index in [1.807, 2.05) is 29.6 Å². The molecule has 2 aromatic rings. The van der Waals surface area contributed by atoms with E-state index in [0.29, 0.717) is 6.54 Å². The van der Waals surface area contributed by atoms with Gasteiger partial charge in [-0.1, -0.05) is 36.4 Å². The van der Waals surface area contributed by atoms with Crippen molar-refractivity contribution in [2.75, 3.05) is 12.3 Å². The number of carbonyl (C=O) groups is 2. The van der Waals surface area contributed by atoms with Gasteiger partial charge >= 0.3 is 0 Å². The Balaban J connectivity index is 1.53. The Morgan fingerprint density at radius 3 is 2.59 bits per heavy atom. The number of carbonyl (C=O) groups excluding carboxylic acids is 2. The average Bonchev–Trinajstić information content (AvgIpc) is 3.08. The molecule has 5 heteroatoms. The Morgan fingerprint density at radius 2 is 1.86 bits per heavy atom. The minimum atomic E-state index is -0.0507. The molecule has 0 aliphatic rings. The third-order valence-corrected chi connectivity index (χ3v) is 5.00. The number of ketones is 1. The standard InChI is InChI=1S/C17H19NO2S2/c19-15(16-7-4-11-22-16)8-9-17(20)18-10-12-21-13-14-5-2-1-3-6-14/h1-7,11H,8-10,12-13H2,(H,18,20). The molecule has 1 amide bonds. The van der Waals surface area contributed by atoms with Crippen LogP contribution in [0.3, 0.4) is 0 Å². The number of thiophene rings is 1. The van der Waals surface area contributed by atoms with E-state index in [1.165, 1.54) is 16.9 Å². The molecule has 1 aromatic heterocycles. The number of hydrogen-bond donors (Lipinski definition) is 1. The van der Waals surface area contributed by atoms with Gasteiger partial charge in [0.05, 0.1) is 4.88 Å². The Hall–Kier alpha value is -1.59. The molecule has 0 aliphatic heterocycles. The first-order valence-electron chi connectivity index (χ1n) is 7.21. The van der Waals surface area contributed by atoms with Gasteiger partial charge in [0, 0.05) is 30.9 Å². The van der Waals surface area contributed by atoms with Crippen molar-refractivity contribution in [3.8, 4) is 0 Å². The number of benzene rings is 1. The molecule has 0 unspecified atom stereocenters. The molecular weight excluding hydrogens is 314 g/mol. The molecule has 0 bridgehead atoms. The van der Waals surface area contributed by atoms with Crippen molar-refractivity contribution in [3.05, 3.63) is 58.3 Å². The third-order valence-electron chi connectivity index (χ3n) is 3.06. The number of amides is 1. The Morgan fingerprint density at radius 1 is 1.05 bits per heavy atom. The zero-order valence-corrected chi connectivity index (χ0v) is 13.9.